The van der Waals surface area contributed by atoms with Gasteiger partial charge in [-0.3, -0.25) is 4.90 Å². The first-order valence-electron chi connectivity index (χ1n) is 6.97. The number of hydrogen-bond acceptors (Lipinski definition) is 4. The van der Waals surface area contributed by atoms with Gasteiger partial charge in [-0.25, -0.2) is 4.79 Å². The molecule has 1 amide bonds. The van der Waals surface area contributed by atoms with Crippen LogP contribution in [0.15, 0.2) is 24.3 Å². The number of cyclic esters (lactones) is 1. The minimum Gasteiger partial charge on any atom is -0.495 e. The second kappa shape index (κ2) is 4.98. The summed E-state index contributed by atoms with van der Waals surface area (Å²) in [6.45, 7) is 4.44. The van der Waals surface area contributed by atoms with Gasteiger partial charge in [0.25, 0.3) is 0 Å². The van der Waals surface area contributed by atoms with Crippen molar-refractivity contribution in [2.24, 2.45) is 5.92 Å². The molecule has 108 valence electrons. The molecule has 2 aliphatic heterocycles. The quantitative estimate of drug-likeness (QED) is 0.917. The molecule has 0 saturated carbocycles. The molecule has 0 aliphatic carbocycles. The smallest absolute Gasteiger partial charge is 0.415 e. The standard InChI is InChI=1S/C15H20N2O3/c1-15(11-7-8-16-9-11)10-20-14(18)17(15)12-5-3-4-6-13(12)19-2/h3-6,11,16H,7-10H2,1-2H3. The van der Waals surface area contributed by atoms with Crippen LogP contribution in [-0.4, -0.2) is 38.4 Å². The van der Waals surface area contributed by atoms with E-state index in [-0.39, 0.29) is 11.6 Å². The van der Waals surface area contributed by atoms with E-state index in [0.29, 0.717) is 18.3 Å². The Morgan fingerprint density at radius 3 is 2.95 bits per heavy atom. The van der Waals surface area contributed by atoms with E-state index < -0.39 is 0 Å². The lowest BCUT2D eigenvalue weighted by Crippen LogP contribution is -2.51. The Morgan fingerprint density at radius 2 is 2.25 bits per heavy atom. The van der Waals surface area contributed by atoms with Crippen LogP contribution in [0.3, 0.4) is 0 Å². The number of anilines is 1. The van der Waals surface area contributed by atoms with Crippen LogP contribution in [0.25, 0.3) is 0 Å². The van der Waals surface area contributed by atoms with E-state index >= 15 is 0 Å². The third kappa shape index (κ3) is 1.93. The van der Waals surface area contributed by atoms with Crippen LogP contribution in [0.5, 0.6) is 5.75 Å². The van der Waals surface area contributed by atoms with Crippen LogP contribution in [0.4, 0.5) is 10.5 Å². The van der Waals surface area contributed by atoms with Crippen LogP contribution >= 0.6 is 0 Å². The molecule has 2 atom stereocenters. The van der Waals surface area contributed by atoms with E-state index in [1.807, 2.05) is 24.3 Å². The maximum atomic E-state index is 12.2. The highest BCUT2D eigenvalue weighted by Crippen LogP contribution is 2.41. The highest BCUT2D eigenvalue weighted by Gasteiger charge is 2.51. The summed E-state index contributed by atoms with van der Waals surface area (Å²) < 4.78 is 10.7. The maximum Gasteiger partial charge on any atom is 0.415 e. The van der Waals surface area contributed by atoms with Crippen molar-refractivity contribution >= 4 is 11.8 Å². The molecule has 2 unspecified atom stereocenters. The van der Waals surface area contributed by atoms with Crippen molar-refractivity contribution in [1.29, 1.82) is 0 Å². The number of ether oxygens (including phenoxy) is 2. The van der Waals surface area contributed by atoms with Gasteiger partial charge in [0, 0.05) is 6.54 Å². The number of benzene rings is 1. The van der Waals surface area contributed by atoms with Gasteiger partial charge in [0.15, 0.2) is 0 Å². The second-order valence-corrected chi connectivity index (χ2v) is 5.61. The fourth-order valence-corrected chi connectivity index (χ4v) is 3.22. The van der Waals surface area contributed by atoms with Crippen molar-refractivity contribution in [3.63, 3.8) is 0 Å². The summed E-state index contributed by atoms with van der Waals surface area (Å²) in [5.74, 6) is 1.09. The Balaban J connectivity index is 2.02. The lowest BCUT2D eigenvalue weighted by atomic mass is 9.84. The molecule has 1 N–H and O–H groups in total. The molecule has 2 aliphatic rings. The molecule has 1 aromatic rings. The Morgan fingerprint density at radius 1 is 1.45 bits per heavy atom. The Hall–Kier alpha value is -1.75. The summed E-state index contributed by atoms with van der Waals surface area (Å²) in [5, 5.41) is 3.37. The first-order valence-corrected chi connectivity index (χ1v) is 6.97. The van der Waals surface area contributed by atoms with Crippen molar-refractivity contribution in [2.75, 3.05) is 31.7 Å². The highest BCUT2D eigenvalue weighted by molar-refractivity contribution is 5.93. The molecule has 2 heterocycles. The SMILES string of the molecule is COc1ccccc1N1C(=O)OCC1(C)C1CCNC1. The first kappa shape index (κ1) is 13.2. The van der Waals surface area contributed by atoms with Gasteiger partial charge in [-0.05, 0) is 37.9 Å². The molecule has 0 bridgehead atoms. The van der Waals surface area contributed by atoms with E-state index in [9.17, 15) is 4.79 Å². The van der Waals surface area contributed by atoms with E-state index in [0.717, 1.165) is 25.2 Å². The number of para-hydroxylation sites is 2. The largest absolute Gasteiger partial charge is 0.495 e. The molecule has 0 spiro atoms. The lowest BCUT2D eigenvalue weighted by Gasteiger charge is -2.37. The molecule has 5 nitrogen and oxygen atoms in total. The van der Waals surface area contributed by atoms with Gasteiger partial charge >= 0.3 is 6.09 Å². The van der Waals surface area contributed by atoms with Crippen molar-refractivity contribution in [1.82, 2.24) is 5.32 Å². The molecular formula is C15H20N2O3. The molecule has 1 aromatic carbocycles. The third-order valence-corrected chi connectivity index (χ3v) is 4.45. The predicted molar refractivity (Wildman–Crippen MR) is 76.2 cm³/mol. The third-order valence-electron chi connectivity index (χ3n) is 4.45. The van der Waals surface area contributed by atoms with Gasteiger partial charge < -0.3 is 14.8 Å². The highest BCUT2D eigenvalue weighted by atomic mass is 16.6. The topological polar surface area (TPSA) is 50.8 Å². The molecule has 2 saturated heterocycles. The minimum absolute atomic E-state index is 0.288. The fourth-order valence-electron chi connectivity index (χ4n) is 3.22. The lowest BCUT2D eigenvalue weighted by molar-refractivity contribution is 0.166. The van der Waals surface area contributed by atoms with Crippen LogP contribution in [0.2, 0.25) is 0 Å². The zero-order valence-electron chi connectivity index (χ0n) is 11.9. The van der Waals surface area contributed by atoms with E-state index in [4.69, 9.17) is 9.47 Å². The van der Waals surface area contributed by atoms with E-state index in [2.05, 4.69) is 12.2 Å². The van der Waals surface area contributed by atoms with Gasteiger partial charge in [0.05, 0.1) is 18.3 Å². The molecular weight excluding hydrogens is 256 g/mol. The number of nitrogens with one attached hydrogen (secondary N) is 1. The summed E-state index contributed by atoms with van der Waals surface area (Å²) in [6.07, 6.45) is 0.766. The van der Waals surface area contributed by atoms with Gasteiger partial charge in [-0.1, -0.05) is 12.1 Å². The number of amides is 1. The Bertz CT molecular complexity index is 514. The summed E-state index contributed by atoms with van der Waals surface area (Å²) >= 11 is 0. The van der Waals surface area contributed by atoms with Gasteiger partial charge in [-0.15, -0.1) is 0 Å². The number of hydrogen-bond donors (Lipinski definition) is 1. The number of carbonyl (C=O) groups is 1. The molecule has 0 radical (unpaired) electrons. The summed E-state index contributed by atoms with van der Waals surface area (Å²) in [6, 6.07) is 7.59. The Kier molecular flexibility index (Phi) is 3.30. The Labute approximate surface area is 118 Å². The van der Waals surface area contributed by atoms with Crippen molar-refractivity contribution < 1.29 is 14.3 Å². The molecule has 5 heteroatoms. The van der Waals surface area contributed by atoms with Crippen LogP contribution in [0, 0.1) is 5.92 Å². The van der Waals surface area contributed by atoms with Crippen LogP contribution < -0.4 is 15.0 Å². The van der Waals surface area contributed by atoms with Crippen LogP contribution in [-0.2, 0) is 4.74 Å². The van der Waals surface area contributed by atoms with Gasteiger partial charge in [-0.2, -0.15) is 0 Å². The van der Waals surface area contributed by atoms with Crippen molar-refractivity contribution in [2.45, 2.75) is 18.9 Å². The maximum absolute atomic E-state index is 12.2. The average Bonchev–Trinajstić information content (AvgIpc) is 3.09. The first-order chi connectivity index (χ1) is 9.66. The van der Waals surface area contributed by atoms with Crippen molar-refractivity contribution in [3.8, 4) is 5.75 Å². The second-order valence-electron chi connectivity index (χ2n) is 5.61. The predicted octanol–water partition coefficient (Wildman–Crippen LogP) is 2.02. The number of rotatable bonds is 3. The van der Waals surface area contributed by atoms with E-state index in [1.165, 1.54) is 0 Å². The van der Waals surface area contributed by atoms with E-state index in [1.54, 1.807) is 12.0 Å². The molecule has 20 heavy (non-hydrogen) atoms. The molecule has 2 fully saturated rings. The average molecular weight is 276 g/mol. The minimum atomic E-state index is -0.324. The van der Waals surface area contributed by atoms with Crippen LogP contribution in [0.1, 0.15) is 13.3 Å². The van der Waals surface area contributed by atoms with Crippen molar-refractivity contribution in [3.05, 3.63) is 24.3 Å². The normalized spacial score (nSPS) is 29.6. The van der Waals surface area contributed by atoms with Gasteiger partial charge in [0.2, 0.25) is 0 Å². The zero-order chi connectivity index (χ0) is 14.2. The summed E-state index contributed by atoms with van der Waals surface area (Å²) in [5.41, 5.74) is 0.460. The fraction of sp³-hybridized carbons (Fsp3) is 0.533. The molecule has 3 rings (SSSR count). The summed E-state index contributed by atoms with van der Waals surface area (Å²) in [4.78, 5) is 14.0. The monoisotopic (exact) mass is 276 g/mol. The number of nitrogens with zero attached hydrogens (tertiary/aromatic N) is 1. The number of carbonyl (C=O) groups excluding carboxylic acids is 1. The summed E-state index contributed by atoms with van der Waals surface area (Å²) in [7, 11) is 1.62. The number of methoxy groups -OCH3 is 1. The zero-order valence-corrected chi connectivity index (χ0v) is 11.9. The van der Waals surface area contributed by atoms with Gasteiger partial charge in [0.1, 0.15) is 12.4 Å². The molecule has 0 aromatic heterocycles.